The van der Waals surface area contributed by atoms with Crippen LogP contribution in [0.15, 0.2) is 0 Å². The average molecular weight is 185 g/mol. The molecule has 0 bridgehead atoms. The maximum absolute atomic E-state index is 10.9. The second-order valence-electron chi connectivity index (χ2n) is 3.62. The average Bonchev–Trinajstić information content (AvgIpc) is 2.09. The van der Waals surface area contributed by atoms with Crippen LogP contribution >= 0.6 is 0 Å². The van der Waals surface area contributed by atoms with Gasteiger partial charge in [-0.25, -0.2) is 4.79 Å². The van der Waals surface area contributed by atoms with Crippen LogP contribution in [0.2, 0.25) is 0 Å². The number of amides is 1. The zero-order chi connectivity index (χ0) is 9.52. The summed E-state index contributed by atoms with van der Waals surface area (Å²) < 4.78 is 5.23. The van der Waals surface area contributed by atoms with Gasteiger partial charge in [0.25, 0.3) is 0 Å². The molecule has 0 aliphatic heterocycles. The summed E-state index contributed by atoms with van der Waals surface area (Å²) in [5.41, 5.74) is 0. The highest BCUT2D eigenvalue weighted by atomic mass is 16.6. The van der Waals surface area contributed by atoms with E-state index < -0.39 is 0 Å². The van der Waals surface area contributed by atoms with Crippen LogP contribution in [0.4, 0.5) is 4.79 Å². The lowest BCUT2D eigenvalue weighted by atomic mass is 9.99. The summed E-state index contributed by atoms with van der Waals surface area (Å²) >= 11 is 0. The Hall–Kier alpha value is -0.730. The Morgan fingerprint density at radius 3 is 2.23 bits per heavy atom. The van der Waals surface area contributed by atoms with Crippen LogP contribution in [0.25, 0.3) is 0 Å². The SMILES string of the molecule is CNC(=O)OC1CCCCCCC1. The van der Waals surface area contributed by atoms with E-state index in [1.807, 2.05) is 0 Å². The van der Waals surface area contributed by atoms with Gasteiger partial charge in [-0.3, -0.25) is 0 Å². The number of hydrogen-bond donors (Lipinski definition) is 1. The summed E-state index contributed by atoms with van der Waals surface area (Å²) in [6.07, 6.45) is 8.24. The summed E-state index contributed by atoms with van der Waals surface area (Å²) in [7, 11) is 1.60. The molecule has 1 saturated carbocycles. The minimum atomic E-state index is -0.287. The summed E-state index contributed by atoms with van der Waals surface area (Å²) in [5.74, 6) is 0. The summed E-state index contributed by atoms with van der Waals surface area (Å²) in [6, 6.07) is 0. The fourth-order valence-electron chi connectivity index (χ4n) is 1.75. The van der Waals surface area contributed by atoms with Crippen molar-refractivity contribution in [2.24, 2.45) is 0 Å². The standard InChI is InChI=1S/C10H19NO2/c1-11-10(12)13-9-7-5-3-2-4-6-8-9/h9H,2-8H2,1H3,(H,11,12). The summed E-state index contributed by atoms with van der Waals surface area (Å²) in [4.78, 5) is 10.9. The van der Waals surface area contributed by atoms with Crippen LogP contribution in [0.1, 0.15) is 44.9 Å². The van der Waals surface area contributed by atoms with Gasteiger partial charge in [0.15, 0.2) is 0 Å². The highest BCUT2D eigenvalue weighted by Crippen LogP contribution is 2.19. The van der Waals surface area contributed by atoms with Crippen molar-refractivity contribution in [3.8, 4) is 0 Å². The first-order chi connectivity index (χ1) is 6.33. The van der Waals surface area contributed by atoms with Gasteiger partial charge in [0.05, 0.1) is 0 Å². The maximum Gasteiger partial charge on any atom is 0.407 e. The largest absolute Gasteiger partial charge is 0.446 e. The quantitative estimate of drug-likeness (QED) is 0.681. The molecule has 0 spiro atoms. The molecule has 13 heavy (non-hydrogen) atoms. The third-order valence-corrected chi connectivity index (χ3v) is 2.53. The van der Waals surface area contributed by atoms with E-state index in [2.05, 4.69) is 5.32 Å². The highest BCUT2D eigenvalue weighted by molar-refractivity contribution is 5.66. The van der Waals surface area contributed by atoms with Crippen LogP contribution in [0.3, 0.4) is 0 Å². The Bertz CT molecular complexity index is 151. The number of hydrogen-bond acceptors (Lipinski definition) is 2. The first-order valence-electron chi connectivity index (χ1n) is 5.21. The van der Waals surface area contributed by atoms with Crippen molar-refractivity contribution < 1.29 is 9.53 Å². The molecule has 1 aliphatic carbocycles. The molecule has 1 fully saturated rings. The van der Waals surface area contributed by atoms with Gasteiger partial charge < -0.3 is 10.1 Å². The van der Waals surface area contributed by atoms with Crippen molar-refractivity contribution in [2.75, 3.05) is 7.05 Å². The Labute approximate surface area is 79.8 Å². The minimum absolute atomic E-state index is 0.153. The first-order valence-corrected chi connectivity index (χ1v) is 5.21. The van der Waals surface area contributed by atoms with Crippen LogP contribution in [-0.2, 0) is 4.74 Å². The zero-order valence-corrected chi connectivity index (χ0v) is 8.34. The Morgan fingerprint density at radius 1 is 1.15 bits per heavy atom. The fraction of sp³-hybridized carbons (Fsp3) is 0.900. The predicted molar refractivity (Wildman–Crippen MR) is 51.6 cm³/mol. The molecule has 0 radical (unpaired) electrons. The molecule has 0 heterocycles. The third-order valence-electron chi connectivity index (χ3n) is 2.53. The Kier molecular flexibility index (Phi) is 4.65. The van der Waals surface area contributed by atoms with Crippen molar-refractivity contribution in [3.63, 3.8) is 0 Å². The normalized spacial score (nSPS) is 20.1. The van der Waals surface area contributed by atoms with E-state index in [0.29, 0.717) is 0 Å². The molecule has 1 rings (SSSR count). The van der Waals surface area contributed by atoms with E-state index in [0.717, 1.165) is 12.8 Å². The van der Waals surface area contributed by atoms with Gasteiger partial charge in [-0.1, -0.05) is 19.3 Å². The van der Waals surface area contributed by atoms with Crippen molar-refractivity contribution in [2.45, 2.75) is 51.0 Å². The summed E-state index contributed by atoms with van der Waals surface area (Å²) in [6.45, 7) is 0. The van der Waals surface area contributed by atoms with Crippen molar-refractivity contribution in [3.05, 3.63) is 0 Å². The van der Waals surface area contributed by atoms with Crippen molar-refractivity contribution >= 4 is 6.09 Å². The number of nitrogens with one attached hydrogen (secondary N) is 1. The Balaban J connectivity index is 2.25. The topological polar surface area (TPSA) is 38.3 Å². The van der Waals surface area contributed by atoms with E-state index >= 15 is 0 Å². The maximum atomic E-state index is 10.9. The van der Waals surface area contributed by atoms with Gasteiger partial charge in [-0.15, -0.1) is 0 Å². The predicted octanol–water partition coefficient (Wildman–Crippen LogP) is 2.46. The van der Waals surface area contributed by atoms with Gasteiger partial charge in [0.2, 0.25) is 0 Å². The van der Waals surface area contributed by atoms with Crippen LogP contribution in [-0.4, -0.2) is 19.2 Å². The lowest BCUT2D eigenvalue weighted by molar-refractivity contribution is 0.0833. The second kappa shape index (κ2) is 5.84. The molecule has 0 aromatic rings. The minimum Gasteiger partial charge on any atom is -0.446 e. The molecule has 1 aliphatic rings. The number of ether oxygens (including phenoxy) is 1. The first kappa shape index (κ1) is 10.4. The molecule has 3 nitrogen and oxygen atoms in total. The lowest BCUT2D eigenvalue weighted by Crippen LogP contribution is -2.26. The van der Waals surface area contributed by atoms with Crippen LogP contribution in [0, 0.1) is 0 Å². The van der Waals surface area contributed by atoms with Gasteiger partial charge in [0, 0.05) is 7.05 Å². The van der Waals surface area contributed by atoms with Crippen molar-refractivity contribution in [1.82, 2.24) is 5.32 Å². The molecule has 0 aromatic heterocycles. The lowest BCUT2D eigenvalue weighted by Gasteiger charge is -2.19. The molecule has 0 unspecified atom stereocenters. The van der Waals surface area contributed by atoms with E-state index in [4.69, 9.17) is 4.74 Å². The van der Waals surface area contributed by atoms with Crippen LogP contribution < -0.4 is 5.32 Å². The van der Waals surface area contributed by atoms with E-state index in [1.165, 1.54) is 32.1 Å². The fourth-order valence-corrected chi connectivity index (χ4v) is 1.75. The molecule has 0 saturated heterocycles. The van der Waals surface area contributed by atoms with Gasteiger partial charge in [-0.05, 0) is 25.7 Å². The molecule has 1 amide bonds. The number of carbonyl (C=O) groups excluding carboxylic acids is 1. The van der Waals surface area contributed by atoms with Gasteiger partial charge >= 0.3 is 6.09 Å². The van der Waals surface area contributed by atoms with Gasteiger partial charge in [-0.2, -0.15) is 0 Å². The van der Waals surface area contributed by atoms with Crippen molar-refractivity contribution in [1.29, 1.82) is 0 Å². The highest BCUT2D eigenvalue weighted by Gasteiger charge is 2.14. The monoisotopic (exact) mass is 185 g/mol. The molecule has 1 N–H and O–H groups in total. The number of rotatable bonds is 1. The second-order valence-corrected chi connectivity index (χ2v) is 3.62. The van der Waals surface area contributed by atoms with Crippen LogP contribution in [0.5, 0.6) is 0 Å². The van der Waals surface area contributed by atoms with E-state index in [1.54, 1.807) is 7.05 Å². The zero-order valence-electron chi connectivity index (χ0n) is 8.34. The molecule has 0 atom stereocenters. The molecule has 76 valence electrons. The summed E-state index contributed by atoms with van der Waals surface area (Å²) in [5, 5.41) is 2.49. The molecular formula is C10H19NO2. The number of carbonyl (C=O) groups is 1. The molecular weight excluding hydrogens is 166 g/mol. The smallest absolute Gasteiger partial charge is 0.407 e. The van der Waals surface area contributed by atoms with E-state index in [9.17, 15) is 4.79 Å². The molecule has 0 aromatic carbocycles. The van der Waals surface area contributed by atoms with Gasteiger partial charge in [0.1, 0.15) is 6.10 Å². The Morgan fingerprint density at radius 2 is 1.69 bits per heavy atom. The van der Waals surface area contributed by atoms with E-state index in [-0.39, 0.29) is 12.2 Å². The number of alkyl carbamates (subject to hydrolysis) is 1. The molecule has 3 heteroatoms. The third kappa shape index (κ3) is 4.15.